The number of phenols is 1. The van der Waals surface area contributed by atoms with Crippen LogP contribution in [0.3, 0.4) is 0 Å². The van der Waals surface area contributed by atoms with Gasteiger partial charge < -0.3 is 21.1 Å². The van der Waals surface area contributed by atoms with Gasteiger partial charge in [0.05, 0.1) is 29.5 Å². The minimum atomic E-state index is -3.01. The Hall–Kier alpha value is -3.43. The molecule has 1 amide bonds. The molecule has 2 saturated carbocycles. The molecule has 0 radical (unpaired) electrons. The number of aliphatic hydroxyl groups is 2. The highest BCUT2D eigenvalue weighted by Gasteiger charge is 2.72. The third-order valence-electron chi connectivity index (χ3n) is 7.78. The minimum absolute atomic E-state index is 0.166. The van der Waals surface area contributed by atoms with Crippen LogP contribution in [-0.4, -0.2) is 81.1 Å². The van der Waals surface area contributed by atoms with Crippen LogP contribution in [-0.2, 0) is 19.2 Å². The number of fused-ring (bicyclic) bond motifs is 3. The highest BCUT2D eigenvalue weighted by atomic mass is 16.3. The molecule has 0 spiro atoms. The van der Waals surface area contributed by atoms with Gasteiger partial charge in [0.15, 0.2) is 34.7 Å². The topological polar surface area (TPSA) is 175 Å². The number of primary amides is 1. The van der Waals surface area contributed by atoms with Gasteiger partial charge in [-0.2, -0.15) is 0 Å². The lowest BCUT2D eigenvalue weighted by atomic mass is 9.49. The van der Waals surface area contributed by atoms with Gasteiger partial charge in [-0.25, -0.2) is 0 Å². The number of amides is 1. The molecule has 1 aromatic rings. The van der Waals surface area contributed by atoms with E-state index < -0.39 is 82.1 Å². The van der Waals surface area contributed by atoms with Gasteiger partial charge in [0.1, 0.15) is 5.75 Å². The van der Waals surface area contributed by atoms with Crippen LogP contribution in [0.1, 0.15) is 34.3 Å². The van der Waals surface area contributed by atoms with E-state index in [0.29, 0.717) is 5.56 Å². The molecule has 10 nitrogen and oxygen atoms in total. The lowest BCUT2D eigenvalue weighted by Crippen LogP contribution is -2.77. The van der Waals surface area contributed by atoms with Crippen molar-refractivity contribution >= 4 is 35.1 Å². The van der Waals surface area contributed by atoms with Gasteiger partial charge in [0.2, 0.25) is 5.91 Å². The van der Waals surface area contributed by atoms with E-state index in [9.17, 15) is 39.3 Å². The normalized spacial score (nSPS) is 36.2. The summed E-state index contributed by atoms with van der Waals surface area (Å²) in [6.07, 6.45) is -0.310. The Kier molecular flexibility index (Phi) is 5.69. The molecule has 184 valence electrons. The van der Waals surface area contributed by atoms with Crippen LogP contribution in [0.15, 0.2) is 24.4 Å². The summed E-state index contributed by atoms with van der Waals surface area (Å²) in [4.78, 5) is 67.1. The first-order valence-electron chi connectivity index (χ1n) is 11.1. The summed E-state index contributed by atoms with van der Waals surface area (Å²) in [5.41, 5.74) is 5.20. The number of nitrogens with zero attached hydrogens (tertiary/aromatic N) is 1. The SMILES string of the molecule is C=C=Cc1ccc2c(c1O)C(=O)C1C(=O)[C@]3(O)C(=O)C(C(N)=O)C(=O)C(N(C)C)[C@@H]3[C@@H](O)[C@@H]1[C@H]2C. The number of phenolic OH excluding ortho intramolecular Hbond substituents is 1. The molecule has 1 aromatic carbocycles. The van der Waals surface area contributed by atoms with Crippen molar-refractivity contribution in [3.63, 3.8) is 0 Å². The van der Waals surface area contributed by atoms with Crippen LogP contribution in [0.25, 0.3) is 6.08 Å². The molecule has 35 heavy (non-hydrogen) atoms. The molecule has 3 unspecified atom stereocenters. The summed E-state index contributed by atoms with van der Waals surface area (Å²) in [5.74, 6) is -13.4. The van der Waals surface area contributed by atoms with Gasteiger partial charge in [-0.05, 0) is 31.7 Å². The first-order valence-corrected chi connectivity index (χ1v) is 11.1. The van der Waals surface area contributed by atoms with E-state index in [2.05, 4.69) is 12.3 Å². The number of aromatic hydroxyl groups is 1. The van der Waals surface area contributed by atoms with Gasteiger partial charge in [-0.1, -0.05) is 25.6 Å². The average Bonchev–Trinajstić information content (AvgIpc) is 2.77. The molecule has 0 heterocycles. The number of hydrogen-bond acceptors (Lipinski definition) is 9. The maximum absolute atomic E-state index is 13.8. The lowest BCUT2D eigenvalue weighted by Gasteiger charge is -2.56. The molecule has 3 aliphatic rings. The quantitative estimate of drug-likeness (QED) is 0.317. The van der Waals surface area contributed by atoms with Crippen molar-refractivity contribution in [1.82, 2.24) is 4.90 Å². The fourth-order valence-corrected chi connectivity index (χ4v) is 6.23. The number of aliphatic hydroxyl groups excluding tert-OH is 1. The van der Waals surface area contributed by atoms with Crippen LogP contribution in [0.4, 0.5) is 0 Å². The van der Waals surface area contributed by atoms with Crippen molar-refractivity contribution in [1.29, 1.82) is 0 Å². The Bertz CT molecular complexity index is 1250. The van der Waals surface area contributed by atoms with E-state index in [0.717, 1.165) is 0 Å². The number of hydrogen-bond donors (Lipinski definition) is 4. The number of carbonyl (C=O) groups is 5. The molecular formula is C25H26N2O8. The van der Waals surface area contributed by atoms with E-state index in [4.69, 9.17) is 5.73 Å². The highest BCUT2D eigenvalue weighted by Crippen LogP contribution is 2.54. The van der Waals surface area contributed by atoms with E-state index in [1.54, 1.807) is 13.0 Å². The van der Waals surface area contributed by atoms with E-state index in [-0.39, 0.29) is 11.1 Å². The first kappa shape index (κ1) is 24.7. The zero-order chi connectivity index (χ0) is 26.1. The van der Waals surface area contributed by atoms with Crippen molar-refractivity contribution in [2.75, 3.05) is 14.1 Å². The molecule has 8 atom stereocenters. The molecule has 5 N–H and O–H groups in total. The monoisotopic (exact) mass is 482 g/mol. The smallest absolute Gasteiger partial charge is 0.235 e. The summed E-state index contributed by atoms with van der Waals surface area (Å²) >= 11 is 0. The van der Waals surface area contributed by atoms with Crippen LogP contribution >= 0.6 is 0 Å². The third-order valence-corrected chi connectivity index (χ3v) is 7.78. The average molecular weight is 482 g/mol. The molecule has 0 aromatic heterocycles. The van der Waals surface area contributed by atoms with Gasteiger partial charge in [0.25, 0.3) is 0 Å². The second-order valence-electron chi connectivity index (χ2n) is 9.68. The summed E-state index contributed by atoms with van der Waals surface area (Å²) in [6, 6.07) is 1.73. The fraction of sp³-hybridized carbons (Fsp3) is 0.440. The Labute approximate surface area is 200 Å². The first-order chi connectivity index (χ1) is 16.3. The standard InChI is InChI=1S/C25H26N2O8/c1-5-6-10-7-8-11-9(2)12-14(19(29)13(11)18(10)28)22(32)25(35)16(20(12)30)17(27(3)4)21(31)15(23(25)33)24(26)34/h6-9,12,14-17,20,28,30,35H,1H2,2-4H3,(H2,26,34)/t9-,12+,14?,15?,16+,17?,20-,25-/m0/s1. The fourth-order valence-electron chi connectivity index (χ4n) is 6.23. The zero-order valence-corrected chi connectivity index (χ0v) is 19.4. The van der Waals surface area contributed by atoms with Crippen molar-refractivity contribution in [2.24, 2.45) is 29.4 Å². The van der Waals surface area contributed by atoms with Gasteiger partial charge >= 0.3 is 0 Å². The molecule has 0 bridgehead atoms. The molecule has 2 fully saturated rings. The Morgan fingerprint density at radius 1 is 1.20 bits per heavy atom. The Morgan fingerprint density at radius 2 is 1.83 bits per heavy atom. The third kappa shape index (κ3) is 3.04. The maximum Gasteiger partial charge on any atom is 0.235 e. The van der Waals surface area contributed by atoms with Crippen molar-refractivity contribution in [3.8, 4) is 5.75 Å². The number of Topliss-reactive ketones (excluding diaryl/α,β-unsaturated/α-hetero) is 4. The summed E-state index contributed by atoms with van der Waals surface area (Å²) in [6.45, 7) is 5.09. The molecule has 0 saturated heterocycles. The number of rotatable bonds is 3. The summed E-state index contributed by atoms with van der Waals surface area (Å²) < 4.78 is 0. The number of likely N-dealkylation sites (N-methyl/N-ethyl adjacent to an activating group) is 1. The number of nitrogens with two attached hydrogens (primary N) is 1. The molecule has 10 heteroatoms. The van der Waals surface area contributed by atoms with Crippen molar-refractivity contribution in [2.45, 2.75) is 30.6 Å². The molecular weight excluding hydrogens is 456 g/mol. The van der Waals surface area contributed by atoms with Crippen LogP contribution < -0.4 is 5.73 Å². The minimum Gasteiger partial charge on any atom is -0.507 e. The second kappa shape index (κ2) is 8.07. The number of carbonyl (C=O) groups excluding carboxylic acids is 5. The van der Waals surface area contributed by atoms with Gasteiger partial charge in [-0.15, -0.1) is 5.73 Å². The predicted molar refractivity (Wildman–Crippen MR) is 121 cm³/mol. The van der Waals surface area contributed by atoms with E-state index in [1.165, 1.54) is 31.1 Å². The van der Waals surface area contributed by atoms with Crippen LogP contribution in [0, 0.1) is 23.7 Å². The second-order valence-corrected chi connectivity index (χ2v) is 9.68. The van der Waals surface area contributed by atoms with E-state index in [1.807, 2.05) is 0 Å². The molecule has 3 aliphatic carbocycles. The Morgan fingerprint density at radius 3 is 2.37 bits per heavy atom. The zero-order valence-electron chi connectivity index (χ0n) is 19.4. The number of benzene rings is 1. The lowest BCUT2D eigenvalue weighted by molar-refractivity contribution is -0.196. The summed E-state index contributed by atoms with van der Waals surface area (Å²) in [7, 11) is 2.88. The molecule has 0 aliphatic heterocycles. The van der Waals surface area contributed by atoms with Crippen LogP contribution in [0.2, 0.25) is 0 Å². The number of ketones is 4. The largest absolute Gasteiger partial charge is 0.507 e. The summed E-state index contributed by atoms with van der Waals surface area (Å²) in [5, 5.41) is 33.8. The maximum atomic E-state index is 13.8. The highest BCUT2D eigenvalue weighted by molar-refractivity contribution is 6.32. The van der Waals surface area contributed by atoms with Crippen LogP contribution in [0.5, 0.6) is 5.75 Å². The van der Waals surface area contributed by atoms with Gasteiger partial charge in [-0.3, -0.25) is 28.9 Å². The van der Waals surface area contributed by atoms with Crippen molar-refractivity contribution < 1.29 is 39.3 Å². The molecule has 4 rings (SSSR count). The van der Waals surface area contributed by atoms with Crippen molar-refractivity contribution in [3.05, 3.63) is 41.1 Å². The van der Waals surface area contributed by atoms with Gasteiger partial charge in [0, 0.05) is 11.5 Å². The predicted octanol–water partition coefficient (Wildman–Crippen LogP) is -0.803. The van der Waals surface area contributed by atoms with E-state index >= 15 is 0 Å². The Balaban J connectivity index is 1.97.